The number of pyridine rings is 1. The van der Waals surface area contributed by atoms with Gasteiger partial charge in [0.1, 0.15) is 5.69 Å². The third-order valence-corrected chi connectivity index (χ3v) is 2.44. The maximum atomic E-state index is 12.0. The van der Waals surface area contributed by atoms with Crippen LogP contribution in [0.2, 0.25) is 0 Å². The van der Waals surface area contributed by atoms with Gasteiger partial charge in [0, 0.05) is 5.54 Å². The molecule has 1 aromatic heterocycles. The summed E-state index contributed by atoms with van der Waals surface area (Å²) < 4.78 is 0. The van der Waals surface area contributed by atoms with E-state index in [1.54, 1.807) is 12.1 Å². The van der Waals surface area contributed by atoms with Gasteiger partial charge < -0.3 is 11.1 Å². The average Bonchev–Trinajstić information content (AvgIpc) is 2.13. The maximum Gasteiger partial charge on any atom is 0.270 e. The Labute approximate surface area is 121 Å². The summed E-state index contributed by atoms with van der Waals surface area (Å²) in [5, 5.41) is 3.01. The summed E-state index contributed by atoms with van der Waals surface area (Å²) in [7, 11) is 0. The van der Waals surface area contributed by atoms with Crippen molar-refractivity contribution in [2.24, 2.45) is 5.41 Å². The third-order valence-electron chi connectivity index (χ3n) is 2.44. The van der Waals surface area contributed by atoms with E-state index in [4.69, 9.17) is 5.73 Å². The number of rotatable bonds is 3. The maximum absolute atomic E-state index is 12.0. The van der Waals surface area contributed by atoms with Gasteiger partial charge in [-0.15, -0.1) is 12.4 Å². The molecule has 0 saturated heterocycles. The number of nitrogens with zero attached hydrogens (tertiary/aromatic N) is 1. The number of halogens is 1. The Hall–Kier alpha value is -1.29. The van der Waals surface area contributed by atoms with Crippen LogP contribution in [0.5, 0.6) is 0 Å². The van der Waals surface area contributed by atoms with Crippen molar-refractivity contribution in [1.29, 1.82) is 0 Å². The average molecular weight is 286 g/mol. The standard InChI is InChI=1S/C14H23N3O.ClH/c1-13(2,3)9-14(4,5)17-12(18)11-7-6-10(15)8-16-11;/h6-8H,9,15H2,1-5H3,(H,17,18);1H. The Morgan fingerprint density at radius 3 is 2.26 bits per heavy atom. The van der Waals surface area contributed by atoms with Crippen molar-refractivity contribution in [3.8, 4) is 0 Å². The van der Waals surface area contributed by atoms with Gasteiger partial charge in [0.25, 0.3) is 5.91 Å². The van der Waals surface area contributed by atoms with E-state index in [0.717, 1.165) is 6.42 Å². The van der Waals surface area contributed by atoms with Crippen molar-refractivity contribution in [1.82, 2.24) is 10.3 Å². The van der Waals surface area contributed by atoms with Crippen LogP contribution in [0.3, 0.4) is 0 Å². The van der Waals surface area contributed by atoms with Crippen molar-refractivity contribution in [3.05, 3.63) is 24.0 Å². The number of aromatic nitrogens is 1. The number of amides is 1. The van der Waals surface area contributed by atoms with Gasteiger partial charge in [-0.2, -0.15) is 0 Å². The first-order chi connectivity index (χ1) is 8.09. The molecular weight excluding hydrogens is 262 g/mol. The van der Waals surface area contributed by atoms with Crippen LogP contribution in [0, 0.1) is 5.41 Å². The highest BCUT2D eigenvalue weighted by Crippen LogP contribution is 2.26. The van der Waals surface area contributed by atoms with E-state index in [2.05, 4.69) is 31.1 Å². The third kappa shape index (κ3) is 6.43. The van der Waals surface area contributed by atoms with Gasteiger partial charge in [0.2, 0.25) is 0 Å². The molecule has 0 atom stereocenters. The number of hydrogen-bond donors (Lipinski definition) is 2. The lowest BCUT2D eigenvalue weighted by Crippen LogP contribution is -2.46. The van der Waals surface area contributed by atoms with Crippen LogP contribution in [0.25, 0.3) is 0 Å². The normalized spacial score (nSPS) is 11.6. The number of nitrogens with one attached hydrogen (secondary N) is 1. The Bertz CT molecular complexity index is 421. The molecule has 4 nitrogen and oxygen atoms in total. The Balaban J connectivity index is 0.00000324. The molecule has 0 aliphatic heterocycles. The summed E-state index contributed by atoms with van der Waals surface area (Å²) in [5.74, 6) is -0.163. The molecule has 5 heteroatoms. The van der Waals surface area contributed by atoms with Crippen LogP contribution in [0.4, 0.5) is 5.69 Å². The summed E-state index contributed by atoms with van der Waals surface area (Å²) in [6, 6.07) is 3.32. The van der Waals surface area contributed by atoms with Crippen LogP contribution >= 0.6 is 12.4 Å². The van der Waals surface area contributed by atoms with E-state index in [0.29, 0.717) is 11.4 Å². The molecule has 0 fully saturated rings. The quantitative estimate of drug-likeness (QED) is 0.897. The molecule has 0 unspecified atom stereocenters. The fraction of sp³-hybridized carbons (Fsp3) is 0.571. The molecule has 1 heterocycles. The van der Waals surface area contributed by atoms with E-state index in [-0.39, 0.29) is 29.3 Å². The van der Waals surface area contributed by atoms with Gasteiger partial charge in [-0.3, -0.25) is 4.79 Å². The zero-order valence-corrected chi connectivity index (χ0v) is 13.1. The number of hydrogen-bond acceptors (Lipinski definition) is 3. The van der Waals surface area contributed by atoms with Crippen LogP contribution in [-0.2, 0) is 0 Å². The molecule has 0 radical (unpaired) electrons. The molecule has 1 amide bonds. The van der Waals surface area contributed by atoms with Gasteiger partial charge in [-0.1, -0.05) is 20.8 Å². The molecule has 0 aromatic carbocycles. The first kappa shape index (κ1) is 17.7. The minimum Gasteiger partial charge on any atom is -0.397 e. The van der Waals surface area contributed by atoms with Crippen LogP contribution < -0.4 is 11.1 Å². The fourth-order valence-electron chi connectivity index (χ4n) is 2.28. The van der Waals surface area contributed by atoms with Crippen LogP contribution in [0.15, 0.2) is 18.3 Å². The molecular formula is C14H24ClN3O. The first-order valence-electron chi connectivity index (χ1n) is 6.13. The van der Waals surface area contributed by atoms with E-state index < -0.39 is 0 Å². The predicted octanol–water partition coefficient (Wildman–Crippen LogP) is 3.03. The Morgan fingerprint density at radius 2 is 1.84 bits per heavy atom. The molecule has 108 valence electrons. The zero-order chi connectivity index (χ0) is 14.0. The van der Waals surface area contributed by atoms with Crippen LogP contribution in [0.1, 0.15) is 51.5 Å². The van der Waals surface area contributed by atoms with Crippen molar-refractivity contribution in [2.45, 2.75) is 46.6 Å². The molecule has 19 heavy (non-hydrogen) atoms. The smallest absolute Gasteiger partial charge is 0.270 e. The largest absolute Gasteiger partial charge is 0.397 e. The second kappa shape index (κ2) is 6.24. The molecule has 0 saturated carbocycles. The SMILES string of the molecule is CC(C)(C)CC(C)(C)NC(=O)c1ccc(N)cn1.Cl. The number of anilines is 1. The highest BCUT2D eigenvalue weighted by Gasteiger charge is 2.27. The van der Waals surface area contributed by atoms with E-state index in [9.17, 15) is 4.79 Å². The number of carbonyl (C=O) groups is 1. The van der Waals surface area contributed by atoms with Gasteiger partial charge in [-0.25, -0.2) is 4.98 Å². The summed E-state index contributed by atoms with van der Waals surface area (Å²) in [4.78, 5) is 16.1. The summed E-state index contributed by atoms with van der Waals surface area (Å²) in [6.07, 6.45) is 2.38. The second-order valence-corrected chi connectivity index (χ2v) is 6.55. The minimum atomic E-state index is -0.265. The lowest BCUT2D eigenvalue weighted by molar-refractivity contribution is 0.0886. The van der Waals surface area contributed by atoms with Crippen LogP contribution in [-0.4, -0.2) is 16.4 Å². The van der Waals surface area contributed by atoms with Crippen molar-refractivity contribution >= 4 is 24.0 Å². The number of nitrogens with two attached hydrogens (primary N) is 1. The van der Waals surface area contributed by atoms with E-state index >= 15 is 0 Å². The Morgan fingerprint density at radius 1 is 1.26 bits per heavy atom. The molecule has 1 rings (SSSR count). The lowest BCUT2D eigenvalue weighted by atomic mass is 9.82. The number of carbonyl (C=O) groups excluding carboxylic acids is 1. The van der Waals surface area contributed by atoms with E-state index in [1.165, 1.54) is 6.20 Å². The van der Waals surface area contributed by atoms with Crippen molar-refractivity contribution in [2.75, 3.05) is 5.73 Å². The number of nitrogen functional groups attached to an aromatic ring is 1. The van der Waals surface area contributed by atoms with Gasteiger partial charge in [0.05, 0.1) is 11.9 Å². The van der Waals surface area contributed by atoms with Gasteiger partial charge in [-0.05, 0) is 37.8 Å². The minimum absolute atomic E-state index is 0. The molecule has 0 bridgehead atoms. The highest BCUT2D eigenvalue weighted by atomic mass is 35.5. The fourth-order valence-corrected chi connectivity index (χ4v) is 2.28. The Kier molecular flexibility index (Phi) is 5.82. The summed E-state index contributed by atoms with van der Waals surface area (Å²) >= 11 is 0. The lowest BCUT2D eigenvalue weighted by Gasteiger charge is -2.33. The molecule has 0 aliphatic carbocycles. The van der Waals surface area contributed by atoms with Gasteiger partial charge in [0.15, 0.2) is 0 Å². The highest BCUT2D eigenvalue weighted by molar-refractivity contribution is 5.92. The molecule has 0 spiro atoms. The first-order valence-corrected chi connectivity index (χ1v) is 6.13. The summed E-state index contributed by atoms with van der Waals surface area (Å²) in [5.41, 5.74) is 6.39. The van der Waals surface area contributed by atoms with Crippen molar-refractivity contribution < 1.29 is 4.79 Å². The summed E-state index contributed by atoms with van der Waals surface area (Å²) in [6.45, 7) is 10.5. The van der Waals surface area contributed by atoms with Crippen molar-refractivity contribution in [3.63, 3.8) is 0 Å². The second-order valence-electron chi connectivity index (χ2n) is 6.55. The monoisotopic (exact) mass is 285 g/mol. The molecule has 3 N–H and O–H groups in total. The van der Waals surface area contributed by atoms with Gasteiger partial charge >= 0.3 is 0 Å². The predicted molar refractivity (Wildman–Crippen MR) is 81.5 cm³/mol. The molecule has 0 aliphatic rings. The topological polar surface area (TPSA) is 68.0 Å². The molecule has 1 aromatic rings. The van der Waals surface area contributed by atoms with E-state index in [1.807, 2.05) is 13.8 Å². The zero-order valence-electron chi connectivity index (χ0n) is 12.3.